The second-order valence-corrected chi connectivity index (χ2v) is 7.58. The lowest BCUT2D eigenvalue weighted by atomic mass is 10.1. The highest BCUT2D eigenvalue weighted by Gasteiger charge is 2.17. The lowest BCUT2D eigenvalue weighted by Gasteiger charge is -2.21. The highest BCUT2D eigenvalue weighted by atomic mass is 15.3. The van der Waals surface area contributed by atoms with Crippen molar-refractivity contribution >= 4 is 5.96 Å². The molecule has 2 N–H and O–H groups in total. The summed E-state index contributed by atoms with van der Waals surface area (Å²) in [5, 5.41) is 15.6. The van der Waals surface area contributed by atoms with Crippen LogP contribution in [0.1, 0.15) is 56.2 Å². The summed E-state index contributed by atoms with van der Waals surface area (Å²) < 4.78 is 2.00. The molecule has 146 valence electrons. The average Bonchev–Trinajstić information content (AvgIpc) is 3.30. The molecule has 1 fully saturated rings. The molecule has 0 spiro atoms. The Hall–Kier alpha value is -2.37. The first-order chi connectivity index (χ1) is 13.1. The Labute approximate surface area is 162 Å². The first-order valence-electron chi connectivity index (χ1n) is 10.1. The van der Waals surface area contributed by atoms with Gasteiger partial charge in [0, 0.05) is 19.1 Å². The van der Waals surface area contributed by atoms with Crippen LogP contribution in [-0.4, -0.2) is 32.8 Å². The Kier molecular flexibility index (Phi) is 6.85. The maximum Gasteiger partial charge on any atom is 0.192 e. The van der Waals surface area contributed by atoms with Crippen LogP contribution in [0.25, 0.3) is 0 Å². The third-order valence-corrected chi connectivity index (χ3v) is 5.35. The van der Waals surface area contributed by atoms with Crippen molar-refractivity contribution in [3.63, 3.8) is 0 Å². The van der Waals surface area contributed by atoms with Gasteiger partial charge in [0.15, 0.2) is 11.8 Å². The molecular formula is C21H32N6. The Morgan fingerprint density at radius 3 is 2.63 bits per heavy atom. The van der Waals surface area contributed by atoms with Gasteiger partial charge >= 0.3 is 0 Å². The normalized spacial score (nSPS) is 16.5. The fourth-order valence-corrected chi connectivity index (χ4v) is 3.47. The first kappa shape index (κ1) is 19.4. The van der Waals surface area contributed by atoms with Gasteiger partial charge in [-0.3, -0.25) is 0 Å². The van der Waals surface area contributed by atoms with Crippen LogP contribution in [0, 0.1) is 6.92 Å². The Morgan fingerprint density at radius 1 is 1.22 bits per heavy atom. The van der Waals surface area contributed by atoms with Crippen molar-refractivity contribution < 1.29 is 0 Å². The summed E-state index contributed by atoms with van der Waals surface area (Å²) in [6, 6.07) is 11.5. The van der Waals surface area contributed by atoms with E-state index in [2.05, 4.69) is 58.1 Å². The van der Waals surface area contributed by atoms with Crippen molar-refractivity contribution in [2.75, 3.05) is 0 Å². The summed E-state index contributed by atoms with van der Waals surface area (Å²) in [5.41, 5.74) is 1.38. The van der Waals surface area contributed by atoms with Gasteiger partial charge in [-0.15, -0.1) is 10.2 Å². The second kappa shape index (κ2) is 9.53. The largest absolute Gasteiger partial charge is 0.354 e. The fraction of sp³-hybridized carbons (Fsp3) is 0.571. The van der Waals surface area contributed by atoms with Crippen molar-refractivity contribution in [3.05, 3.63) is 47.5 Å². The van der Waals surface area contributed by atoms with Gasteiger partial charge in [0.05, 0.1) is 0 Å². The number of aromatic nitrogens is 3. The molecule has 1 aromatic carbocycles. The zero-order valence-electron chi connectivity index (χ0n) is 16.8. The third kappa shape index (κ3) is 5.81. The number of hydrogen-bond donors (Lipinski definition) is 2. The summed E-state index contributed by atoms with van der Waals surface area (Å²) in [6.45, 7) is 4.72. The molecule has 0 radical (unpaired) electrons. The minimum Gasteiger partial charge on any atom is -0.354 e. The van der Waals surface area contributed by atoms with E-state index in [-0.39, 0.29) is 0 Å². The average molecular weight is 369 g/mol. The van der Waals surface area contributed by atoms with Crippen molar-refractivity contribution in [3.8, 4) is 0 Å². The van der Waals surface area contributed by atoms with E-state index in [9.17, 15) is 0 Å². The van der Waals surface area contributed by atoms with Crippen LogP contribution in [0.15, 0.2) is 35.3 Å². The molecule has 0 bridgehead atoms. The molecule has 2 aromatic rings. The monoisotopic (exact) mass is 368 g/mol. The SMILES string of the molecule is Cc1nnc(CN=C(NC(C)CCc2ccccc2)NC2CCCC2)n1C. The molecule has 1 atom stereocenters. The van der Waals surface area contributed by atoms with Gasteiger partial charge in [-0.25, -0.2) is 4.99 Å². The number of rotatable bonds is 7. The number of nitrogens with zero attached hydrogens (tertiary/aromatic N) is 4. The van der Waals surface area contributed by atoms with E-state index in [0.717, 1.165) is 30.5 Å². The lowest BCUT2D eigenvalue weighted by Crippen LogP contribution is -2.46. The van der Waals surface area contributed by atoms with E-state index < -0.39 is 0 Å². The smallest absolute Gasteiger partial charge is 0.192 e. The summed E-state index contributed by atoms with van der Waals surface area (Å²) in [4.78, 5) is 4.80. The van der Waals surface area contributed by atoms with Crippen LogP contribution in [-0.2, 0) is 20.0 Å². The van der Waals surface area contributed by atoms with E-state index in [1.54, 1.807) is 0 Å². The van der Waals surface area contributed by atoms with E-state index in [0.29, 0.717) is 18.6 Å². The first-order valence-corrected chi connectivity index (χ1v) is 10.1. The Bertz CT molecular complexity index is 730. The summed E-state index contributed by atoms with van der Waals surface area (Å²) in [6.07, 6.45) is 7.19. The number of aliphatic imine (C=N–C) groups is 1. The molecule has 1 heterocycles. The van der Waals surface area contributed by atoms with Gasteiger partial charge in [-0.05, 0) is 45.1 Å². The molecular weight excluding hydrogens is 336 g/mol. The maximum absolute atomic E-state index is 4.80. The maximum atomic E-state index is 4.80. The van der Waals surface area contributed by atoms with Crippen LogP contribution in [0.2, 0.25) is 0 Å². The van der Waals surface area contributed by atoms with E-state index in [1.165, 1.54) is 31.2 Å². The topological polar surface area (TPSA) is 67.1 Å². The van der Waals surface area contributed by atoms with E-state index in [1.807, 2.05) is 18.5 Å². The molecule has 0 amide bonds. The fourth-order valence-electron chi connectivity index (χ4n) is 3.47. The van der Waals surface area contributed by atoms with Gasteiger partial charge in [0.1, 0.15) is 12.4 Å². The number of guanidine groups is 1. The summed E-state index contributed by atoms with van der Waals surface area (Å²) >= 11 is 0. The molecule has 1 unspecified atom stereocenters. The van der Waals surface area contributed by atoms with Gasteiger partial charge in [0.2, 0.25) is 0 Å². The molecule has 6 nitrogen and oxygen atoms in total. The molecule has 1 saturated carbocycles. The van der Waals surface area contributed by atoms with Gasteiger partial charge in [-0.1, -0.05) is 43.2 Å². The van der Waals surface area contributed by atoms with Crippen LogP contribution < -0.4 is 10.6 Å². The van der Waals surface area contributed by atoms with E-state index in [4.69, 9.17) is 4.99 Å². The predicted molar refractivity (Wildman–Crippen MR) is 110 cm³/mol. The zero-order valence-corrected chi connectivity index (χ0v) is 16.8. The van der Waals surface area contributed by atoms with Gasteiger partial charge in [0.25, 0.3) is 0 Å². The minimum absolute atomic E-state index is 0.346. The third-order valence-electron chi connectivity index (χ3n) is 5.35. The van der Waals surface area contributed by atoms with E-state index >= 15 is 0 Å². The Morgan fingerprint density at radius 2 is 1.96 bits per heavy atom. The molecule has 6 heteroatoms. The minimum atomic E-state index is 0.346. The van der Waals surface area contributed by atoms with Crippen LogP contribution in [0.4, 0.5) is 0 Å². The van der Waals surface area contributed by atoms with Crippen molar-refractivity contribution in [1.82, 2.24) is 25.4 Å². The highest BCUT2D eigenvalue weighted by molar-refractivity contribution is 5.80. The molecule has 1 aliphatic carbocycles. The molecule has 0 aliphatic heterocycles. The van der Waals surface area contributed by atoms with Gasteiger partial charge in [-0.2, -0.15) is 0 Å². The lowest BCUT2D eigenvalue weighted by molar-refractivity contribution is 0.561. The standard InChI is InChI=1S/C21H32N6/c1-16(13-14-18-9-5-4-6-10-18)23-21(24-19-11-7-8-12-19)22-15-20-26-25-17(2)27(20)3/h4-6,9-10,16,19H,7-8,11-15H2,1-3H3,(H2,22,23,24). The van der Waals surface area contributed by atoms with Gasteiger partial charge < -0.3 is 15.2 Å². The highest BCUT2D eigenvalue weighted by Crippen LogP contribution is 2.17. The van der Waals surface area contributed by atoms with Crippen molar-refractivity contribution in [2.24, 2.45) is 12.0 Å². The molecule has 3 rings (SSSR count). The predicted octanol–water partition coefficient (Wildman–Crippen LogP) is 3.12. The number of aryl methyl sites for hydroxylation is 2. The Balaban J connectivity index is 1.59. The molecule has 1 aromatic heterocycles. The summed E-state index contributed by atoms with van der Waals surface area (Å²) in [7, 11) is 1.99. The quantitative estimate of drug-likeness (QED) is 0.582. The van der Waals surface area contributed by atoms with Crippen molar-refractivity contribution in [1.29, 1.82) is 0 Å². The van der Waals surface area contributed by atoms with Crippen molar-refractivity contribution in [2.45, 2.75) is 71.0 Å². The molecule has 27 heavy (non-hydrogen) atoms. The molecule has 0 saturated heterocycles. The van der Waals surface area contributed by atoms with Crippen LogP contribution >= 0.6 is 0 Å². The van der Waals surface area contributed by atoms with Crippen LogP contribution in [0.3, 0.4) is 0 Å². The van der Waals surface area contributed by atoms with Crippen LogP contribution in [0.5, 0.6) is 0 Å². The second-order valence-electron chi connectivity index (χ2n) is 7.58. The zero-order chi connectivity index (χ0) is 19.1. The number of nitrogens with one attached hydrogen (secondary N) is 2. The number of benzene rings is 1. The number of hydrogen-bond acceptors (Lipinski definition) is 3. The summed E-state index contributed by atoms with van der Waals surface area (Å²) in [5.74, 6) is 2.69. The molecule has 1 aliphatic rings.